The van der Waals surface area contributed by atoms with E-state index in [9.17, 15) is 0 Å². The van der Waals surface area contributed by atoms with Crippen molar-refractivity contribution in [3.63, 3.8) is 0 Å². The van der Waals surface area contributed by atoms with Gasteiger partial charge in [-0.15, -0.1) is 0 Å². The Kier molecular flexibility index (Phi) is 4.80. The maximum Gasteiger partial charge on any atom is 0.167 e. The van der Waals surface area contributed by atoms with Gasteiger partial charge in [-0.2, -0.15) is 0 Å². The summed E-state index contributed by atoms with van der Waals surface area (Å²) in [5, 5.41) is 7.39. The fourth-order valence-corrected chi connectivity index (χ4v) is 2.44. The van der Waals surface area contributed by atoms with Gasteiger partial charge in [0.05, 0.1) is 12.1 Å². The lowest BCUT2D eigenvalue weighted by atomic mass is 10.1. The van der Waals surface area contributed by atoms with E-state index in [1.165, 1.54) is 25.7 Å². The maximum absolute atomic E-state index is 5.28. The first-order valence-electron chi connectivity index (χ1n) is 5.61. The fourth-order valence-electron chi connectivity index (χ4n) is 2.00. The van der Waals surface area contributed by atoms with Crippen LogP contribution in [0.15, 0.2) is 0 Å². The molecule has 1 aliphatic rings. The second-order valence-electron chi connectivity index (χ2n) is 4.90. The standard InChI is InChI=1S/C11H22N2OS/c1-11(2,8-14-3)13-10(15)12-9-6-4-5-7-9/h9H,4-8H2,1-3H3,(H2,12,13,15). The normalized spacial score (nSPS) is 17.8. The molecule has 15 heavy (non-hydrogen) atoms. The van der Waals surface area contributed by atoms with Gasteiger partial charge in [0.1, 0.15) is 0 Å². The van der Waals surface area contributed by atoms with Gasteiger partial charge in [0, 0.05) is 13.2 Å². The van der Waals surface area contributed by atoms with Gasteiger partial charge in [0.2, 0.25) is 0 Å². The molecule has 0 aromatic heterocycles. The summed E-state index contributed by atoms with van der Waals surface area (Å²) in [7, 11) is 1.71. The first kappa shape index (κ1) is 12.7. The van der Waals surface area contributed by atoms with E-state index in [0.717, 1.165) is 5.11 Å². The van der Waals surface area contributed by atoms with Gasteiger partial charge in [0.25, 0.3) is 0 Å². The molecule has 0 atom stereocenters. The molecule has 0 bridgehead atoms. The molecule has 1 saturated carbocycles. The SMILES string of the molecule is COCC(C)(C)NC(=S)NC1CCCC1. The summed E-state index contributed by atoms with van der Waals surface area (Å²) < 4.78 is 5.13. The summed E-state index contributed by atoms with van der Waals surface area (Å²) in [5.41, 5.74) is -0.0998. The Morgan fingerprint density at radius 1 is 1.40 bits per heavy atom. The van der Waals surface area contributed by atoms with Gasteiger partial charge in [-0.05, 0) is 38.9 Å². The average molecular weight is 230 g/mol. The molecule has 0 heterocycles. The molecule has 0 aliphatic heterocycles. The Hall–Kier alpha value is -0.350. The molecule has 1 rings (SSSR count). The van der Waals surface area contributed by atoms with E-state index in [1.54, 1.807) is 7.11 Å². The lowest BCUT2D eigenvalue weighted by Gasteiger charge is -2.28. The quantitative estimate of drug-likeness (QED) is 0.722. The number of hydrogen-bond donors (Lipinski definition) is 2. The molecular weight excluding hydrogens is 208 g/mol. The van der Waals surface area contributed by atoms with Gasteiger partial charge in [-0.1, -0.05) is 12.8 Å². The van der Waals surface area contributed by atoms with E-state index < -0.39 is 0 Å². The summed E-state index contributed by atoms with van der Waals surface area (Å²) in [6.07, 6.45) is 5.13. The molecule has 88 valence electrons. The molecule has 0 aromatic rings. The number of methoxy groups -OCH3 is 1. The van der Waals surface area contributed by atoms with Gasteiger partial charge in [-0.3, -0.25) is 0 Å². The highest BCUT2D eigenvalue weighted by molar-refractivity contribution is 7.80. The highest BCUT2D eigenvalue weighted by atomic mass is 32.1. The Morgan fingerprint density at radius 2 is 2.00 bits per heavy atom. The van der Waals surface area contributed by atoms with Gasteiger partial charge in [-0.25, -0.2) is 0 Å². The molecule has 1 fully saturated rings. The van der Waals surface area contributed by atoms with Crippen LogP contribution in [0, 0.1) is 0 Å². The molecular formula is C11H22N2OS. The van der Waals surface area contributed by atoms with Gasteiger partial charge in [0.15, 0.2) is 5.11 Å². The van der Waals surface area contributed by atoms with Gasteiger partial charge < -0.3 is 15.4 Å². The second kappa shape index (κ2) is 5.66. The van der Waals surface area contributed by atoms with E-state index in [0.29, 0.717) is 12.6 Å². The lowest BCUT2D eigenvalue weighted by molar-refractivity contribution is 0.139. The molecule has 0 radical (unpaired) electrons. The molecule has 0 spiro atoms. The first-order chi connectivity index (χ1) is 7.03. The predicted molar refractivity (Wildman–Crippen MR) is 67.1 cm³/mol. The maximum atomic E-state index is 5.28. The lowest BCUT2D eigenvalue weighted by Crippen LogP contribution is -2.52. The number of ether oxygens (including phenoxy) is 1. The summed E-state index contributed by atoms with van der Waals surface area (Å²) in [4.78, 5) is 0. The van der Waals surface area contributed by atoms with Crippen molar-refractivity contribution in [3.05, 3.63) is 0 Å². The number of rotatable bonds is 4. The second-order valence-corrected chi connectivity index (χ2v) is 5.30. The first-order valence-corrected chi connectivity index (χ1v) is 6.02. The molecule has 2 N–H and O–H groups in total. The summed E-state index contributed by atoms with van der Waals surface area (Å²) in [6.45, 7) is 4.82. The van der Waals surface area contributed by atoms with Crippen LogP contribution >= 0.6 is 12.2 Å². The van der Waals surface area contributed by atoms with Crippen LogP contribution in [0.2, 0.25) is 0 Å². The number of thiocarbonyl (C=S) groups is 1. The zero-order valence-electron chi connectivity index (χ0n) is 9.93. The molecule has 4 heteroatoms. The predicted octanol–water partition coefficient (Wildman–Crippen LogP) is 1.82. The Labute approximate surface area is 98.0 Å². The summed E-state index contributed by atoms with van der Waals surface area (Å²) >= 11 is 5.28. The largest absolute Gasteiger partial charge is 0.382 e. The molecule has 3 nitrogen and oxygen atoms in total. The van der Waals surface area contributed by atoms with Crippen LogP contribution in [0.3, 0.4) is 0 Å². The monoisotopic (exact) mass is 230 g/mol. The van der Waals surface area contributed by atoms with E-state index in [4.69, 9.17) is 17.0 Å². The summed E-state index contributed by atoms with van der Waals surface area (Å²) in [6, 6.07) is 0.573. The van der Waals surface area contributed by atoms with Crippen molar-refractivity contribution in [2.75, 3.05) is 13.7 Å². The molecule has 0 aromatic carbocycles. The van der Waals surface area contributed by atoms with Crippen LogP contribution in [0.4, 0.5) is 0 Å². The Morgan fingerprint density at radius 3 is 2.53 bits per heavy atom. The Bertz CT molecular complexity index is 213. The minimum atomic E-state index is -0.0998. The van der Waals surface area contributed by atoms with Gasteiger partial charge >= 0.3 is 0 Å². The van der Waals surface area contributed by atoms with Crippen molar-refractivity contribution >= 4 is 17.3 Å². The van der Waals surface area contributed by atoms with Crippen molar-refractivity contribution in [2.24, 2.45) is 0 Å². The van der Waals surface area contributed by atoms with Crippen LogP contribution in [0.1, 0.15) is 39.5 Å². The topological polar surface area (TPSA) is 33.3 Å². The van der Waals surface area contributed by atoms with Crippen molar-refractivity contribution in [2.45, 2.75) is 51.1 Å². The highest BCUT2D eigenvalue weighted by Gasteiger charge is 2.21. The van der Waals surface area contributed by atoms with Crippen molar-refractivity contribution in [3.8, 4) is 0 Å². The third-order valence-electron chi connectivity index (χ3n) is 2.65. The van der Waals surface area contributed by atoms with Crippen molar-refractivity contribution in [1.29, 1.82) is 0 Å². The fraction of sp³-hybridized carbons (Fsp3) is 0.909. The van der Waals surface area contributed by atoms with Crippen LogP contribution in [-0.4, -0.2) is 30.4 Å². The van der Waals surface area contributed by atoms with Crippen LogP contribution in [-0.2, 0) is 4.74 Å². The third kappa shape index (κ3) is 4.80. The summed E-state index contributed by atoms with van der Waals surface area (Å²) in [5.74, 6) is 0. The number of hydrogen-bond acceptors (Lipinski definition) is 2. The van der Waals surface area contributed by atoms with Crippen LogP contribution in [0.5, 0.6) is 0 Å². The minimum Gasteiger partial charge on any atom is -0.382 e. The smallest absolute Gasteiger partial charge is 0.167 e. The van der Waals surface area contributed by atoms with E-state index in [1.807, 2.05) is 0 Å². The van der Waals surface area contributed by atoms with E-state index >= 15 is 0 Å². The molecule has 1 aliphatic carbocycles. The van der Waals surface area contributed by atoms with E-state index in [2.05, 4.69) is 24.5 Å². The van der Waals surface area contributed by atoms with Crippen molar-refractivity contribution in [1.82, 2.24) is 10.6 Å². The molecule has 0 amide bonds. The zero-order valence-corrected chi connectivity index (χ0v) is 10.7. The third-order valence-corrected chi connectivity index (χ3v) is 2.87. The molecule has 0 saturated heterocycles. The number of nitrogens with one attached hydrogen (secondary N) is 2. The minimum absolute atomic E-state index is 0.0998. The van der Waals surface area contributed by atoms with Crippen LogP contribution in [0.25, 0.3) is 0 Å². The highest BCUT2D eigenvalue weighted by Crippen LogP contribution is 2.17. The van der Waals surface area contributed by atoms with Crippen LogP contribution < -0.4 is 10.6 Å². The molecule has 0 unspecified atom stereocenters. The average Bonchev–Trinajstić information content (AvgIpc) is 2.54. The van der Waals surface area contributed by atoms with E-state index in [-0.39, 0.29) is 5.54 Å². The Balaban J connectivity index is 2.27. The zero-order chi connectivity index (χ0) is 11.3. The van der Waals surface area contributed by atoms with Crippen molar-refractivity contribution < 1.29 is 4.74 Å².